The van der Waals surface area contributed by atoms with Gasteiger partial charge in [0.15, 0.2) is 0 Å². The molecule has 0 unspecified atom stereocenters. The average Bonchev–Trinajstić information content (AvgIpc) is 2.77. The number of hydrogen-bond donors (Lipinski definition) is 1. The second kappa shape index (κ2) is 9.62. The number of carbonyl (C=O) groups is 2. The third-order valence-electron chi connectivity index (χ3n) is 5.00. The molecule has 0 aliphatic carbocycles. The summed E-state index contributed by atoms with van der Waals surface area (Å²) in [4.78, 5) is 28.8. The number of nitrogens with zero attached hydrogens (tertiary/aromatic N) is 1. The Morgan fingerprint density at radius 2 is 1.81 bits per heavy atom. The molecule has 0 bridgehead atoms. The normalized spacial score (nSPS) is 11.5. The maximum atomic E-state index is 13.0. The van der Waals surface area contributed by atoms with Crippen molar-refractivity contribution in [3.05, 3.63) is 87.6 Å². The van der Waals surface area contributed by atoms with Gasteiger partial charge < -0.3 is 14.8 Å². The number of methoxy groups -OCH3 is 1. The van der Waals surface area contributed by atoms with E-state index < -0.39 is 5.97 Å². The van der Waals surface area contributed by atoms with Gasteiger partial charge in [0, 0.05) is 6.20 Å². The largest absolute Gasteiger partial charge is 0.465 e. The minimum absolute atomic E-state index is 0.170. The van der Waals surface area contributed by atoms with E-state index in [0.29, 0.717) is 16.3 Å². The van der Waals surface area contributed by atoms with Crippen LogP contribution in [-0.2, 0) is 4.74 Å². The summed E-state index contributed by atoms with van der Waals surface area (Å²) in [5.74, 6) is 0.000447. The fourth-order valence-corrected chi connectivity index (χ4v) is 3.15. The molecule has 0 aliphatic heterocycles. The van der Waals surface area contributed by atoms with Crippen LogP contribution in [0.3, 0.4) is 0 Å². The molecule has 3 aromatic rings. The monoisotopic (exact) mass is 438 g/mol. The molecule has 1 amide bonds. The van der Waals surface area contributed by atoms with Crippen LogP contribution in [0.2, 0.25) is 5.02 Å². The summed E-state index contributed by atoms with van der Waals surface area (Å²) in [6.07, 6.45) is 1.44. The smallest absolute Gasteiger partial charge is 0.337 e. The number of benzene rings is 2. The van der Waals surface area contributed by atoms with Gasteiger partial charge in [0.25, 0.3) is 5.91 Å². The van der Waals surface area contributed by atoms with Crippen molar-refractivity contribution in [1.82, 2.24) is 10.3 Å². The maximum Gasteiger partial charge on any atom is 0.337 e. The Bertz CT molecular complexity index is 1110. The van der Waals surface area contributed by atoms with E-state index in [1.54, 1.807) is 24.3 Å². The van der Waals surface area contributed by atoms with Gasteiger partial charge in [-0.05, 0) is 61.7 Å². The molecule has 0 aliphatic rings. The van der Waals surface area contributed by atoms with Crippen LogP contribution < -0.4 is 10.1 Å². The van der Waals surface area contributed by atoms with Gasteiger partial charge in [-0.15, -0.1) is 0 Å². The summed E-state index contributed by atoms with van der Waals surface area (Å²) in [5.41, 5.74) is 3.53. The van der Waals surface area contributed by atoms with Crippen molar-refractivity contribution >= 4 is 23.5 Å². The number of halogens is 1. The topological polar surface area (TPSA) is 77.5 Å². The Labute approximate surface area is 186 Å². The van der Waals surface area contributed by atoms with Gasteiger partial charge >= 0.3 is 5.97 Å². The lowest BCUT2D eigenvalue weighted by atomic mass is 10.1. The molecule has 1 N–H and O–H groups in total. The number of ether oxygens (including phenoxy) is 2. The first-order valence-electron chi connectivity index (χ1n) is 9.69. The first-order valence-corrected chi connectivity index (χ1v) is 10.1. The lowest BCUT2D eigenvalue weighted by Crippen LogP contribution is -2.27. The first-order chi connectivity index (χ1) is 14.8. The number of rotatable bonds is 6. The molecule has 1 heterocycles. The molecular formula is C24H23ClN2O4. The van der Waals surface area contributed by atoms with E-state index in [2.05, 4.69) is 10.3 Å². The Hall–Kier alpha value is -3.38. The molecular weight excluding hydrogens is 416 g/mol. The van der Waals surface area contributed by atoms with Gasteiger partial charge in [-0.3, -0.25) is 4.79 Å². The molecule has 0 fully saturated rings. The number of esters is 1. The molecule has 0 spiro atoms. The minimum atomic E-state index is -0.415. The molecule has 1 aromatic heterocycles. The van der Waals surface area contributed by atoms with Crippen molar-refractivity contribution < 1.29 is 19.1 Å². The third kappa shape index (κ3) is 5.22. The maximum absolute atomic E-state index is 13.0. The third-order valence-corrected chi connectivity index (χ3v) is 5.21. The molecule has 0 saturated carbocycles. The van der Waals surface area contributed by atoms with Gasteiger partial charge in [-0.25, -0.2) is 9.78 Å². The lowest BCUT2D eigenvalue weighted by molar-refractivity contribution is 0.0600. The van der Waals surface area contributed by atoms with Crippen LogP contribution in [0, 0.1) is 13.8 Å². The van der Waals surface area contributed by atoms with Crippen molar-refractivity contribution in [3.63, 3.8) is 0 Å². The zero-order chi connectivity index (χ0) is 22.5. The second-order valence-corrected chi connectivity index (χ2v) is 7.55. The highest BCUT2D eigenvalue weighted by Gasteiger charge is 2.19. The molecule has 3 rings (SSSR count). The second-order valence-electron chi connectivity index (χ2n) is 7.12. The zero-order valence-corrected chi connectivity index (χ0v) is 18.5. The number of hydrogen-bond acceptors (Lipinski definition) is 5. The van der Waals surface area contributed by atoms with Crippen molar-refractivity contribution in [1.29, 1.82) is 0 Å². The SMILES string of the molecule is COC(=O)c1ccc([C@H](C)NC(=O)c2cc(Cl)cnc2Oc2cccc(C)c2C)cc1. The number of pyridine rings is 1. The van der Waals surface area contributed by atoms with Crippen LogP contribution in [0.5, 0.6) is 11.6 Å². The summed E-state index contributed by atoms with van der Waals surface area (Å²) < 4.78 is 10.7. The summed E-state index contributed by atoms with van der Waals surface area (Å²) >= 11 is 6.09. The number of nitrogens with one attached hydrogen (secondary N) is 1. The van der Waals surface area contributed by atoms with Gasteiger partial charge in [-0.1, -0.05) is 35.9 Å². The van der Waals surface area contributed by atoms with Crippen molar-refractivity contribution in [2.75, 3.05) is 7.11 Å². The summed E-state index contributed by atoms with van der Waals surface area (Å²) in [6.45, 7) is 5.77. The highest BCUT2D eigenvalue weighted by Crippen LogP contribution is 2.29. The predicted octanol–water partition coefficient (Wildman–Crippen LogP) is 5.42. The van der Waals surface area contributed by atoms with Crippen LogP contribution >= 0.6 is 11.6 Å². The molecule has 7 heteroatoms. The summed E-state index contributed by atoms with van der Waals surface area (Å²) in [6, 6.07) is 13.7. The van der Waals surface area contributed by atoms with E-state index in [-0.39, 0.29) is 23.4 Å². The van der Waals surface area contributed by atoms with Gasteiger partial charge in [-0.2, -0.15) is 0 Å². The number of carbonyl (C=O) groups excluding carboxylic acids is 2. The van der Waals surface area contributed by atoms with E-state index in [4.69, 9.17) is 21.1 Å². The molecule has 2 aromatic carbocycles. The number of amides is 1. The quantitative estimate of drug-likeness (QED) is 0.520. The molecule has 6 nitrogen and oxygen atoms in total. The van der Waals surface area contributed by atoms with Crippen molar-refractivity contribution in [2.45, 2.75) is 26.8 Å². The zero-order valence-electron chi connectivity index (χ0n) is 17.7. The van der Waals surface area contributed by atoms with Gasteiger partial charge in [0.05, 0.1) is 23.7 Å². The minimum Gasteiger partial charge on any atom is -0.465 e. The number of aromatic nitrogens is 1. The van der Waals surface area contributed by atoms with Crippen LogP contribution in [0.1, 0.15) is 50.4 Å². The average molecular weight is 439 g/mol. The van der Waals surface area contributed by atoms with E-state index >= 15 is 0 Å². The Balaban J connectivity index is 1.82. The molecule has 0 saturated heterocycles. The summed E-state index contributed by atoms with van der Waals surface area (Å²) in [5, 5.41) is 3.25. The molecule has 1 atom stereocenters. The van der Waals surface area contributed by atoms with Gasteiger partial charge in [0.2, 0.25) is 5.88 Å². The molecule has 0 radical (unpaired) electrons. The fraction of sp³-hybridized carbons (Fsp3) is 0.208. The molecule has 160 valence electrons. The van der Waals surface area contributed by atoms with Crippen LogP contribution in [0.15, 0.2) is 54.7 Å². The van der Waals surface area contributed by atoms with E-state index in [1.165, 1.54) is 19.4 Å². The Morgan fingerprint density at radius 1 is 1.10 bits per heavy atom. The van der Waals surface area contributed by atoms with Gasteiger partial charge in [0.1, 0.15) is 11.3 Å². The highest BCUT2D eigenvalue weighted by molar-refractivity contribution is 6.30. The number of aryl methyl sites for hydroxylation is 1. The van der Waals surface area contributed by atoms with E-state index in [1.807, 2.05) is 39.0 Å². The van der Waals surface area contributed by atoms with Crippen LogP contribution in [0.25, 0.3) is 0 Å². The lowest BCUT2D eigenvalue weighted by Gasteiger charge is -2.17. The fourth-order valence-electron chi connectivity index (χ4n) is 2.99. The van der Waals surface area contributed by atoms with Crippen molar-refractivity contribution in [3.8, 4) is 11.6 Å². The van der Waals surface area contributed by atoms with E-state index in [9.17, 15) is 9.59 Å². The molecule has 31 heavy (non-hydrogen) atoms. The summed E-state index contributed by atoms with van der Waals surface area (Å²) in [7, 11) is 1.33. The highest BCUT2D eigenvalue weighted by atomic mass is 35.5. The van der Waals surface area contributed by atoms with Crippen LogP contribution in [-0.4, -0.2) is 24.0 Å². The van der Waals surface area contributed by atoms with Crippen LogP contribution in [0.4, 0.5) is 0 Å². The predicted molar refractivity (Wildman–Crippen MR) is 119 cm³/mol. The first kappa shape index (κ1) is 22.3. The standard InChI is InChI=1S/C24H23ClN2O4/c1-14-6-5-7-21(15(14)2)31-23-20(12-19(25)13-26-23)22(28)27-16(3)17-8-10-18(11-9-17)24(29)30-4/h5-13,16H,1-4H3,(H,27,28)/t16-/m0/s1. The Morgan fingerprint density at radius 3 is 2.48 bits per heavy atom. The van der Waals surface area contributed by atoms with Crippen molar-refractivity contribution in [2.24, 2.45) is 0 Å². The van der Waals surface area contributed by atoms with E-state index in [0.717, 1.165) is 16.7 Å². The Kier molecular flexibility index (Phi) is 6.92.